The van der Waals surface area contributed by atoms with Crippen molar-refractivity contribution in [3.63, 3.8) is 0 Å². The van der Waals surface area contributed by atoms with Crippen LogP contribution in [0.1, 0.15) is 46.5 Å². The van der Waals surface area contributed by atoms with E-state index >= 15 is 0 Å². The summed E-state index contributed by atoms with van der Waals surface area (Å²) in [6.07, 6.45) is 3.87. The van der Waals surface area contributed by atoms with Crippen molar-refractivity contribution >= 4 is 11.8 Å². The maximum Gasteiger partial charge on any atom is 0.239 e. The molecule has 3 N–H and O–H groups in total. The van der Waals surface area contributed by atoms with E-state index < -0.39 is 0 Å². The number of carbonyl (C=O) groups excluding carboxylic acids is 2. The van der Waals surface area contributed by atoms with Gasteiger partial charge in [0.25, 0.3) is 0 Å². The van der Waals surface area contributed by atoms with E-state index in [1.54, 1.807) is 4.90 Å². The van der Waals surface area contributed by atoms with Gasteiger partial charge in [-0.05, 0) is 58.9 Å². The van der Waals surface area contributed by atoms with Crippen molar-refractivity contribution in [2.75, 3.05) is 19.6 Å². The van der Waals surface area contributed by atoms with Gasteiger partial charge in [-0.3, -0.25) is 9.59 Å². The molecule has 5 nitrogen and oxygen atoms in total. The molecule has 0 aliphatic heterocycles. The van der Waals surface area contributed by atoms with Gasteiger partial charge >= 0.3 is 0 Å². The minimum atomic E-state index is -0.0779. The van der Waals surface area contributed by atoms with Crippen molar-refractivity contribution in [2.45, 2.75) is 52.5 Å². The fraction of sp³-hybridized carbons (Fsp3) is 0.867. The molecule has 0 aromatic carbocycles. The van der Waals surface area contributed by atoms with Crippen molar-refractivity contribution in [3.8, 4) is 0 Å². The van der Waals surface area contributed by atoms with Gasteiger partial charge in [-0.25, -0.2) is 0 Å². The molecule has 1 saturated carbocycles. The lowest BCUT2D eigenvalue weighted by Gasteiger charge is -2.31. The highest BCUT2D eigenvalue weighted by Gasteiger charge is 2.29. The van der Waals surface area contributed by atoms with Crippen molar-refractivity contribution in [1.29, 1.82) is 0 Å². The molecule has 0 unspecified atom stereocenters. The minimum Gasteiger partial charge on any atom is -0.352 e. The molecule has 20 heavy (non-hydrogen) atoms. The zero-order valence-corrected chi connectivity index (χ0v) is 13.0. The Bertz CT molecular complexity index is 323. The average molecular weight is 283 g/mol. The van der Waals surface area contributed by atoms with Crippen LogP contribution in [-0.2, 0) is 9.59 Å². The van der Waals surface area contributed by atoms with E-state index in [9.17, 15) is 9.59 Å². The highest BCUT2D eigenvalue weighted by molar-refractivity contribution is 5.86. The van der Waals surface area contributed by atoms with Crippen molar-refractivity contribution < 1.29 is 9.59 Å². The van der Waals surface area contributed by atoms with Crippen LogP contribution in [0.4, 0.5) is 0 Å². The SMILES string of the molecule is CCN(CC(=O)NC(C)C)C(=O)C1CCC(CN)CC1. The average Bonchev–Trinajstić information content (AvgIpc) is 2.43. The van der Waals surface area contributed by atoms with Crippen LogP contribution in [0.5, 0.6) is 0 Å². The second kappa shape index (κ2) is 8.25. The number of hydrogen-bond acceptors (Lipinski definition) is 3. The molecular weight excluding hydrogens is 254 g/mol. The lowest BCUT2D eigenvalue weighted by atomic mass is 9.81. The Morgan fingerprint density at radius 1 is 1.25 bits per heavy atom. The zero-order chi connectivity index (χ0) is 15.1. The van der Waals surface area contributed by atoms with Gasteiger partial charge < -0.3 is 16.0 Å². The summed E-state index contributed by atoms with van der Waals surface area (Å²) in [6, 6.07) is 0.108. The summed E-state index contributed by atoms with van der Waals surface area (Å²) in [7, 11) is 0. The molecule has 0 atom stereocenters. The van der Waals surface area contributed by atoms with E-state index in [1.165, 1.54) is 0 Å². The molecule has 116 valence electrons. The third-order valence-corrected chi connectivity index (χ3v) is 4.01. The summed E-state index contributed by atoms with van der Waals surface area (Å²) in [5.74, 6) is 0.690. The fourth-order valence-corrected chi connectivity index (χ4v) is 2.79. The van der Waals surface area contributed by atoms with E-state index in [1.807, 2.05) is 20.8 Å². The minimum absolute atomic E-state index is 0.0737. The molecule has 0 heterocycles. The number of nitrogens with zero attached hydrogens (tertiary/aromatic N) is 1. The Hall–Kier alpha value is -1.10. The van der Waals surface area contributed by atoms with Gasteiger partial charge in [0.05, 0.1) is 6.54 Å². The van der Waals surface area contributed by atoms with Crippen LogP contribution < -0.4 is 11.1 Å². The van der Waals surface area contributed by atoms with E-state index in [2.05, 4.69) is 5.32 Å². The third kappa shape index (κ3) is 5.12. The summed E-state index contributed by atoms with van der Waals surface area (Å²) in [5, 5.41) is 2.83. The van der Waals surface area contributed by atoms with Crippen LogP contribution in [0.15, 0.2) is 0 Å². The quantitative estimate of drug-likeness (QED) is 0.767. The molecule has 0 aromatic heterocycles. The van der Waals surface area contributed by atoms with Crippen molar-refractivity contribution in [1.82, 2.24) is 10.2 Å². The van der Waals surface area contributed by atoms with Crippen molar-refractivity contribution in [2.24, 2.45) is 17.6 Å². The number of amides is 2. The Morgan fingerprint density at radius 3 is 2.30 bits per heavy atom. The molecule has 2 amide bonds. The van der Waals surface area contributed by atoms with Crippen LogP contribution in [0.25, 0.3) is 0 Å². The third-order valence-electron chi connectivity index (χ3n) is 4.01. The zero-order valence-electron chi connectivity index (χ0n) is 13.0. The number of nitrogens with two attached hydrogens (primary N) is 1. The Kier molecular flexibility index (Phi) is 6.99. The second-order valence-electron chi connectivity index (χ2n) is 6.03. The Morgan fingerprint density at radius 2 is 1.85 bits per heavy atom. The molecule has 1 aliphatic carbocycles. The van der Waals surface area contributed by atoms with Crippen LogP contribution >= 0.6 is 0 Å². The smallest absolute Gasteiger partial charge is 0.239 e. The first kappa shape index (κ1) is 17.0. The van der Waals surface area contributed by atoms with E-state index in [0.717, 1.165) is 32.2 Å². The molecule has 0 radical (unpaired) electrons. The molecule has 1 aliphatic rings. The number of nitrogens with one attached hydrogen (secondary N) is 1. The lowest BCUT2D eigenvalue weighted by molar-refractivity contribution is -0.140. The molecule has 0 aromatic rings. The van der Waals surface area contributed by atoms with Crippen LogP contribution in [0, 0.1) is 11.8 Å². The first-order valence-corrected chi connectivity index (χ1v) is 7.76. The summed E-state index contributed by atoms with van der Waals surface area (Å²) in [5.41, 5.74) is 5.67. The lowest BCUT2D eigenvalue weighted by Crippen LogP contribution is -2.45. The maximum atomic E-state index is 12.5. The first-order chi connectivity index (χ1) is 9.47. The standard InChI is InChI=1S/C15H29N3O2/c1-4-18(10-14(19)17-11(2)3)15(20)13-7-5-12(9-16)6-8-13/h11-13H,4-10,16H2,1-3H3,(H,17,19). The van der Waals surface area contributed by atoms with Crippen LogP contribution in [-0.4, -0.2) is 42.4 Å². The number of carbonyl (C=O) groups is 2. The topological polar surface area (TPSA) is 75.4 Å². The van der Waals surface area contributed by atoms with Crippen LogP contribution in [0.2, 0.25) is 0 Å². The van der Waals surface area contributed by atoms with Gasteiger partial charge in [-0.1, -0.05) is 0 Å². The van der Waals surface area contributed by atoms with Gasteiger partial charge in [-0.2, -0.15) is 0 Å². The van der Waals surface area contributed by atoms with Crippen LogP contribution in [0.3, 0.4) is 0 Å². The summed E-state index contributed by atoms with van der Waals surface area (Å²) >= 11 is 0. The number of likely N-dealkylation sites (N-methyl/N-ethyl adjacent to an activating group) is 1. The number of hydrogen-bond donors (Lipinski definition) is 2. The fourth-order valence-electron chi connectivity index (χ4n) is 2.79. The molecule has 1 fully saturated rings. The largest absolute Gasteiger partial charge is 0.352 e. The Labute approximate surface area is 122 Å². The van der Waals surface area contributed by atoms with Gasteiger partial charge in [0.1, 0.15) is 0 Å². The predicted molar refractivity (Wildman–Crippen MR) is 80.0 cm³/mol. The Balaban J connectivity index is 2.48. The molecule has 0 saturated heterocycles. The van der Waals surface area contributed by atoms with Gasteiger partial charge in [0, 0.05) is 18.5 Å². The van der Waals surface area contributed by atoms with Gasteiger partial charge in [-0.15, -0.1) is 0 Å². The first-order valence-electron chi connectivity index (χ1n) is 7.76. The molecule has 0 spiro atoms. The van der Waals surface area contributed by atoms with E-state index in [0.29, 0.717) is 12.5 Å². The molecule has 5 heteroatoms. The van der Waals surface area contributed by atoms with Gasteiger partial charge in [0.2, 0.25) is 11.8 Å². The molecule has 0 bridgehead atoms. The summed E-state index contributed by atoms with van der Waals surface area (Å²) in [4.78, 5) is 25.9. The monoisotopic (exact) mass is 283 g/mol. The van der Waals surface area contributed by atoms with Gasteiger partial charge in [0.15, 0.2) is 0 Å². The maximum absolute atomic E-state index is 12.5. The summed E-state index contributed by atoms with van der Waals surface area (Å²) in [6.45, 7) is 7.24. The van der Waals surface area contributed by atoms with E-state index in [4.69, 9.17) is 5.73 Å². The number of rotatable bonds is 6. The molecule has 1 rings (SSSR count). The molecular formula is C15H29N3O2. The summed E-state index contributed by atoms with van der Waals surface area (Å²) < 4.78 is 0. The second-order valence-corrected chi connectivity index (χ2v) is 6.03. The highest BCUT2D eigenvalue weighted by atomic mass is 16.2. The van der Waals surface area contributed by atoms with Crippen molar-refractivity contribution in [3.05, 3.63) is 0 Å². The predicted octanol–water partition coefficient (Wildman–Crippen LogP) is 1.12. The van der Waals surface area contributed by atoms with E-state index in [-0.39, 0.29) is 30.3 Å². The highest BCUT2D eigenvalue weighted by Crippen LogP contribution is 2.29. The normalized spacial score (nSPS) is 22.6.